The number of carbonyl (C=O) groups excluding carboxylic acids is 1. The topological polar surface area (TPSA) is 47.3 Å². The molecular formula is C22H25N3O. The molecule has 0 N–H and O–H groups in total. The van der Waals surface area contributed by atoms with Crippen molar-refractivity contribution in [1.29, 1.82) is 5.26 Å². The van der Waals surface area contributed by atoms with Crippen LogP contribution in [-0.2, 0) is 0 Å². The summed E-state index contributed by atoms with van der Waals surface area (Å²) in [6, 6.07) is 17.3. The molecule has 1 amide bonds. The van der Waals surface area contributed by atoms with Gasteiger partial charge in [0.1, 0.15) is 0 Å². The van der Waals surface area contributed by atoms with E-state index in [1.807, 2.05) is 47.4 Å². The maximum atomic E-state index is 13.1. The molecule has 4 heteroatoms. The van der Waals surface area contributed by atoms with Crippen LogP contribution in [0, 0.1) is 17.2 Å². The molecule has 26 heavy (non-hydrogen) atoms. The van der Waals surface area contributed by atoms with Crippen LogP contribution in [0.15, 0.2) is 48.5 Å². The van der Waals surface area contributed by atoms with E-state index in [0.29, 0.717) is 17.0 Å². The van der Waals surface area contributed by atoms with Crippen LogP contribution in [0.5, 0.6) is 0 Å². The van der Waals surface area contributed by atoms with Gasteiger partial charge in [0.2, 0.25) is 0 Å². The van der Waals surface area contributed by atoms with Crippen molar-refractivity contribution >= 4 is 5.91 Å². The lowest BCUT2D eigenvalue weighted by atomic mass is 9.95. The number of nitrogens with zero attached hydrogens (tertiary/aromatic N) is 3. The van der Waals surface area contributed by atoms with Crippen molar-refractivity contribution in [3.63, 3.8) is 0 Å². The molecule has 1 fully saturated rings. The van der Waals surface area contributed by atoms with E-state index in [1.165, 1.54) is 0 Å². The lowest BCUT2D eigenvalue weighted by molar-refractivity contribution is 0.0624. The summed E-state index contributed by atoms with van der Waals surface area (Å²) >= 11 is 0. The zero-order valence-electron chi connectivity index (χ0n) is 15.5. The van der Waals surface area contributed by atoms with Gasteiger partial charge in [0.15, 0.2) is 0 Å². The summed E-state index contributed by atoms with van der Waals surface area (Å²) in [7, 11) is 0. The first-order valence-corrected chi connectivity index (χ1v) is 9.20. The van der Waals surface area contributed by atoms with Crippen LogP contribution in [-0.4, -0.2) is 48.4 Å². The molecule has 0 aliphatic carbocycles. The second kappa shape index (κ2) is 8.16. The molecule has 1 heterocycles. The number of rotatable bonds is 4. The molecule has 0 spiro atoms. The molecule has 4 nitrogen and oxygen atoms in total. The van der Waals surface area contributed by atoms with E-state index in [0.717, 1.165) is 43.9 Å². The molecule has 1 aliphatic rings. The first-order valence-electron chi connectivity index (χ1n) is 9.20. The van der Waals surface area contributed by atoms with Gasteiger partial charge in [-0.15, -0.1) is 0 Å². The quantitative estimate of drug-likeness (QED) is 0.848. The molecular weight excluding hydrogens is 322 g/mol. The lowest BCUT2D eigenvalue weighted by Gasteiger charge is -2.35. The molecule has 134 valence electrons. The van der Waals surface area contributed by atoms with Gasteiger partial charge in [0.25, 0.3) is 5.91 Å². The Morgan fingerprint density at radius 1 is 1.00 bits per heavy atom. The van der Waals surface area contributed by atoms with Crippen molar-refractivity contribution in [1.82, 2.24) is 9.80 Å². The van der Waals surface area contributed by atoms with Crippen molar-refractivity contribution < 1.29 is 4.79 Å². The number of benzene rings is 2. The van der Waals surface area contributed by atoms with Gasteiger partial charge in [-0.05, 0) is 23.6 Å². The summed E-state index contributed by atoms with van der Waals surface area (Å²) in [5.74, 6) is 0.693. The number of piperazine rings is 1. The molecule has 0 bridgehead atoms. The van der Waals surface area contributed by atoms with Crippen molar-refractivity contribution in [2.75, 3.05) is 32.7 Å². The van der Waals surface area contributed by atoms with Crippen LogP contribution in [0.1, 0.15) is 29.8 Å². The molecule has 3 rings (SSSR count). The lowest BCUT2D eigenvalue weighted by Crippen LogP contribution is -2.49. The number of hydrogen-bond donors (Lipinski definition) is 0. The average Bonchev–Trinajstić information content (AvgIpc) is 2.67. The van der Waals surface area contributed by atoms with Crippen molar-refractivity contribution in [3.05, 3.63) is 59.7 Å². The van der Waals surface area contributed by atoms with Crippen LogP contribution in [0.4, 0.5) is 0 Å². The Balaban J connectivity index is 1.83. The predicted octanol–water partition coefficient (Wildman–Crippen LogP) is 3.64. The monoisotopic (exact) mass is 347 g/mol. The Morgan fingerprint density at radius 2 is 1.62 bits per heavy atom. The molecule has 1 aliphatic heterocycles. The van der Waals surface area contributed by atoms with E-state index in [1.54, 1.807) is 6.07 Å². The molecule has 0 radical (unpaired) electrons. The van der Waals surface area contributed by atoms with Gasteiger partial charge in [-0.3, -0.25) is 9.69 Å². The van der Waals surface area contributed by atoms with E-state index in [4.69, 9.17) is 0 Å². The van der Waals surface area contributed by atoms with Crippen LogP contribution >= 0.6 is 0 Å². The molecule has 0 atom stereocenters. The first-order chi connectivity index (χ1) is 12.6. The Bertz CT molecular complexity index is 814. The van der Waals surface area contributed by atoms with Gasteiger partial charge < -0.3 is 4.90 Å². The smallest absolute Gasteiger partial charge is 0.254 e. The Hall–Kier alpha value is -2.64. The Labute approximate surface area is 155 Å². The zero-order chi connectivity index (χ0) is 18.5. The third kappa shape index (κ3) is 3.95. The van der Waals surface area contributed by atoms with Crippen molar-refractivity contribution in [3.8, 4) is 17.2 Å². The molecule has 2 aromatic carbocycles. The number of hydrogen-bond acceptors (Lipinski definition) is 3. The molecule has 1 saturated heterocycles. The maximum Gasteiger partial charge on any atom is 0.254 e. The SMILES string of the molecule is CC(C)CN1CCN(C(=O)c2ccccc2-c2ccccc2C#N)CC1. The highest BCUT2D eigenvalue weighted by molar-refractivity contribution is 6.01. The van der Waals surface area contributed by atoms with Gasteiger partial charge in [-0.2, -0.15) is 5.26 Å². The van der Waals surface area contributed by atoms with Crippen LogP contribution < -0.4 is 0 Å². The molecule has 2 aromatic rings. The van der Waals surface area contributed by atoms with Crippen molar-refractivity contribution in [2.45, 2.75) is 13.8 Å². The van der Waals surface area contributed by atoms with Crippen molar-refractivity contribution in [2.24, 2.45) is 5.92 Å². The van der Waals surface area contributed by atoms with Crippen LogP contribution in [0.3, 0.4) is 0 Å². The van der Waals surface area contributed by atoms with E-state index >= 15 is 0 Å². The van der Waals surface area contributed by atoms with Gasteiger partial charge in [0.05, 0.1) is 11.6 Å². The van der Waals surface area contributed by atoms with Gasteiger partial charge >= 0.3 is 0 Å². The maximum absolute atomic E-state index is 13.1. The fourth-order valence-corrected chi connectivity index (χ4v) is 3.54. The zero-order valence-corrected chi connectivity index (χ0v) is 15.5. The van der Waals surface area contributed by atoms with Crippen LogP contribution in [0.25, 0.3) is 11.1 Å². The normalized spacial score (nSPS) is 15.1. The second-order valence-electron chi connectivity index (χ2n) is 7.19. The Morgan fingerprint density at radius 3 is 2.27 bits per heavy atom. The average molecular weight is 347 g/mol. The van der Waals surface area contributed by atoms with Crippen LogP contribution in [0.2, 0.25) is 0 Å². The molecule has 0 aromatic heterocycles. The number of nitriles is 1. The first kappa shape index (κ1) is 18.2. The highest BCUT2D eigenvalue weighted by Gasteiger charge is 2.24. The molecule has 0 saturated carbocycles. The summed E-state index contributed by atoms with van der Waals surface area (Å²) in [5.41, 5.74) is 2.92. The highest BCUT2D eigenvalue weighted by Crippen LogP contribution is 2.28. The molecule has 0 unspecified atom stereocenters. The minimum absolute atomic E-state index is 0.0533. The van der Waals surface area contributed by atoms with E-state index in [-0.39, 0.29) is 5.91 Å². The third-order valence-corrected chi connectivity index (χ3v) is 4.78. The van der Waals surface area contributed by atoms with Gasteiger partial charge in [-0.25, -0.2) is 0 Å². The second-order valence-corrected chi connectivity index (χ2v) is 7.19. The fourth-order valence-electron chi connectivity index (χ4n) is 3.54. The Kier molecular flexibility index (Phi) is 5.70. The van der Waals surface area contributed by atoms with E-state index in [9.17, 15) is 10.1 Å². The largest absolute Gasteiger partial charge is 0.336 e. The minimum Gasteiger partial charge on any atom is -0.336 e. The standard InChI is InChI=1S/C22H25N3O/c1-17(2)16-24-11-13-25(14-12-24)22(26)21-10-6-5-9-20(21)19-8-4-3-7-18(19)15-23/h3-10,17H,11-14,16H2,1-2H3. The highest BCUT2D eigenvalue weighted by atomic mass is 16.2. The summed E-state index contributed by atoms with van der Waals surface area (Å²) in [4.78, 5) is 17.5. The van der Waals surface area contributed by atoms with Gasteiger partial charge in [0, 0.05) is 43.9 Å². The number of amides is 1. The predicted molar refractivity (Wildman–Crippen MR) is 104 cm³/mol. The summed E-state index contributed by atoms with van der Waals surface area (Å²) < 4.78 is 0. The summed E-state index contributed by atoms with van der Waals surface area (Å²) in [5, 5.41) is 9.41. The number of carbonyl (C=O) groups is 1. The summed E-state index contributed by atoms with van der Waals surface area (Å²) in [6.07, 6.45) is 0. The summed E-state index contributed by atoms with van der Waals surface area (Å²) in [6.45, 7) is 8.86. The minimum atomic E-state index is 0.0533. The third-order valence-electron chi connectivity index (χ3n) is 4.78. The fraction of sp³-hybridized carbons (Fsp3) is 0.364. The van der Waals surface area contributed by atoms with E-state index < -0.39 is 0 Å². The van der Waals surface area contributed by atoms with E-state index in [2.05, 4.69) is 24.8 Å². The van der Waals surface area contributed by atoms with Gasteiger partial charge in [-0.1, -0.05) is 50.2 Å².